The van der Waals surface area contributed by atoms with Gasteiger partial charge in [-0.25, -0.2) is 4.39 Å². The highest BCUT2D eigenvalue weighted by molar-refractivity contribution is 6.33. The second-order valence-corrected chi connectivity index (χ2v) is 8.27. The fourth-order valence-corrected chi connectivity index (χ4v) is 4.24. The quantitative estimate of drug-likeness (QED) is 0.534. The number of likely N-dealkylation sites (tertiary alicyclic amines) is 1. The number of carbonyl (C=O) groups excluding carboxylic acids is 1. The van der Waals surface area contributed by atoms with Gasteiger partial charge in [0, 0.05) is 36.9 Å². The van der Waals surface area contributed by atoms with Crippen molar-refractivity contribution in [3.05, 3.63) is 88.7 Å². The van der Waals surface area contributed by atoms with Crippen LogP contribution in [0.25, 0.3) is 0 Å². The molecule has 166 valence electrons. The number of hydrogen-bond donors (Lipinski definition) is 1. The molecule has 4 rings (SSSR count). The smallest absolute Gasteiger partial charge is 0.254 e. The number of hydrogen-bond acceptors (Lipinski definition) is 4. The third kappa shape index (κ3) is 4.65. The lowest BCUT2D eigenvalue weighted by atomic mass is 10.1. The van der Waals surface area contributed by atoms with Gasteiger partial charge in [0.05, 0.1) is 17.8 Å². The monoisotopic (exact) mass is 453 g/mol. The van der Waals surface area contributed by atoms with Crippen LogP contribution in [-0.2, 0) is 6.54 Å². The first-order chi connectivity index (χ1) is 15.5. The molecule has 1 aliphatic rings. The molecule has 2 N–H and O–H groups in total. The number of halogens is 2. The summed E-state index contributed by atoms with van der Waals surface area (Å²) in [4.78, 5) is 17.1. The Balaban J connectivity index is 1.57. The maximum Gasteiger partial charge on any atom is 0.254 e. The summed E-state index contributed by atoms with van der Waals surface area (Å²) < 4.78 is 18.8. The van der Waals surface area contributed by atoms with Gasteiger partial charge in [0.25, 0.3) is 5.91 Å². The van der Waals surface area contributed by atoms with Crippen LogP contribution in [0.2, 0.25) is 5.02 Å². The van der Waals surface area contributed by atoms with Crippen LogP contribution in [0, 0.1) is 5.82 Å². The van der Waals surface area contributed by atoms with Crippen molar-refractivity contribution in [1.29, 1.82) is 0 Å². The molecule has 1 fully saturated rings. The lowest BCUT2D eigenvalue weighted by Crippen LogP contribution is -2.38. The highest BCUT2D eigenvalue weighted by atomic mass is 35.5. The third-order valence-corrected chi connectivity index (χ3v) is 6.13. The van der Waals surface area contributed by atoms with Gasteiger partial charge in [-0.1, -0.05) is 41.9 Å². The summed E-state index contributed by atoms with van der Waals surface area (Å²) in [7, 11) is 1.39. The van der Waals surface area contributed by atoms with Gasteiger partial charge in [-0.3, -0.25) is 4.79 Å². The lowest BCUT2D eigenvalue weighted by Gasteiger charge is -2.32. The minimum absolute atomic E-state index is 0.0637. The van der Waals surface area contributed by atoms with E-state index in [9.17, 15) is 9.18 Å². The van der Waals surface area contributed by atoms with Crippen LogP contribution in [0.15, 0.2) is 66.7 Å². The third-order valence-electron chi connectivity index (χ3n) is 5.80. The fourth-order valence-electron chi connectivity index (χ4n) is 4.06. The highest BCUT2D eigenvalue weighted by Crippen LogP contribution is 2.31. The van der Waals surface area contributed by atoms with Crippen molar-refractivity contribution in [2.45, 2.75) is 19.0 Å². The number of nitrogen functional groups attached to an aromatic ring is 1. The van der Waals surface area contributed by atoms with Gasteiger partial charge in [0.15, 0.2) is 11.6 Å². The molecule has 0 aliphatic carbocycles. The zero-order valence-corrected chi connectivity index (χ0v) is 18.6. The highest BCUT2D eigenvalue weighted by Gasteiger charge is 2.31. The summed E-state index contributed by atoms with van der Waals surface area (Å²) in [5.74, 6) is -0.563. The molecule has 0 unspecified atom stereocenters. The second kappa shape index (κ2) is 9.49. The molecule has 3 aromatic rings. The molecule has 1 atom stereocenters. The van der Waals surface area contributed by atoms with Crippen LogP contribution in [0.5, 0.6) is 5.75 Å². The van der Waals surface area contributed by atoms with Gasteiger partial charge in [0.1, 0.15) is 0 Å². The van der Waals surface area contributed by atoms with Gasteiger partial charge < -0.3 is 20.3 Å². The molecule has 0 radical (unpaired) electrons. The summed E-state index contributed by atoms with van der Waals surface area (Å²) in [6.45, 7) is 1.84. The molecule has 1 amide bonds. The van der Waals surface area contributed by atoms with Crippen LogP contribution in [-0.4, -0.2) is 37.0 Å². The van der Waals surface area contributed by atoms with Gasteiger partial charge in [0.2, 0.25) is 0 Å². The number of methoxy groups -OCH3 is 1. The van der Waals surface area contributed by atoms with E-state index in [-0.39, 0.29) is 17.7 Å². The van der Waals surface area contributed by atoms with Gasteiger partial charge in [-0.15, -0.1) is 0 Å². The van der Waals surface area contributed by atoms with E-state index < -0.39 is 5.82 Å². The summed E-state index contributed by atoms with van der Waals surface area (Å²) in [6.07, 6.45) is 0.804. The Morgan fingerprint density at radius 3 is 2.69 bits per heavy atom. The number of amides is 1. The number of benzene rings is 3. The molecule has 7 heteroatoms. The minimum Gasteiger partial charge on any atom is -0.494 e. The van der Waals surface area contributed by atoms with Crippen molar-refractivity contribution in [1.82, 2.24) is 4.90 Å². The second-order valence-electron chi connectivity index (χ2n) is 7.86. The van der Waals surface area contributed by atoms with E-state index >= 15 is 0 Å². The topological polar surface area (TPSA) is 58.8 Å². The van der Waals surface area contributed by atoms with Crippen molar-refractivity contribution in [2.75, 3.05) is 30.8 Å². The van der Waals surface area contributed by atoms with E-state index in [2.05, 4.69) is 17.0 Å². The SMILES string of the molecule is COc1cc(C(=O)N2CC[C@H](N(Cc3ccccc3)c3ccc(N)c(Cl)c3)C2)ccc1F. The van der Waals surface area contributed by atoms with Gasteiger partial charge >= 0.3 is 0 Å². The standard InChI is InChI=1S/C25H25ClFN3O2/c1-32-24-13-18(7-9-22(24)27)25(31)29-12-11-20(16-29)30(15-17-5-3-2-4-6-17)19-8-10-23(28)21(26)14-19/h2-10,13-14,20H,11-12,15-16,28H2,1H3/t20-/m0/s1. The molecule has 3 aromatic carbocycles. The van der Waals surface area contributed by atoms with E-state index in [1.165, 1.54) is 25.3 Å². The summed E-state index contributed by atoms with van der Waals surface area (Å²) >= 11 is 6.31. The maximum absolute atomic E-state index is 13.8. The Kier molecular flexibility index (Phi) is 6.51. The average molecular weight is 454 g/mol. The van der Waals surface area contributed by atoms with Crippen LogP contribution in [0.3, 0.4) is 0 Å². The lowest BCUT2D eigenvalue weighted by molar-refractivity contribution is 0.0790. The van der Waals surface area contributed by atoms with E-state index in [0.29, 0.717) is 35.9 Å². The average Bonchev–Trinajstić information content (AvgIpc) is 3.30. The van der Waals surface area contributed by atoms with Crippen molar-refractivity contribution < 1.29 is 13.9 Å². The normalized spacial score (nSPS) is 15.6. The number of ether oxygens (including phenoxy) is 1. The molecule has 0 bridgehead atoms. The molecule has 0 spiro atoms. The maximum atomic E-state index is 13.8. The fraction of sp³-hybridized carbons (Fsp3) is 0.240. The first-order valence-electron chi connectivity index (χ1n) is 10.4. The number of anilines is 2. The number of carbonyl (C=O) groups is 1. The summed E-state index contributed by atoms with van der Waals surface area (Å²) in [5, 5.41) is 0.505. The van der Waals surface area contributed by atoms with Crippen molar-refractivity contribution in [3.63, 3.8) is 0 Å². The van der Waals surface area contributed by atoms with Crippen molar-refractivity contribution in [2.24, 2.45) is 0 Å². The Morgan fingerprint density at radius 2 is 1.97 bits per heavy atom. The molecular weight excluding hydrogens is 429 g/mol. The first kappa shape index (κ1) is 22.0. The van der Waals surface area contributed by atoms with E-state index in [1.54, 1.807) is 11.0 Å². The van der Waals surface area contributed by atoms with Crippen LogP contribution in [0.4, 0.5) is 15.8 Å². The Bertz CT molecular complexity index is 1110. The van der Waals surface area contributed by atoms with Gasteiger partial charge in [-0.05, 0) is 48.4 Å². The number of nitrogens with zero attached hydrogens (tertiary/aromatic N) is 2. The molecule has 1 saturated heterocycles. The number of rotatable bonds is 6. The molecule has 5 nitrogen and oxygen atoms in total. The Labute approximate surface area is 192 Å². The Morgan fingerprint density at radius 1 is 1.19 bits per heavy atom. The van der Waals surface area contributed by atoms with Gasteiger partial charge in [-0.2, -0.15) is 0 Å². The zero-order chi connectivity index (χ0) is 22.7. The zero-order valence-electron chi connectivity index (χ0n) is 17.8. The summed E-state index contributed by atoms with van der Waals surface area (Å²) in [6, 6.07) is 20.1. The van der Waals surface area contributed by atoms with E-state index in [0.717, 1.165) is 17.7 Å². The van der Waals surface area contributed by atoms with Crippen molar-refractivity contribution >= 4 is 28.9 Å². The van der Waals surface area contributed by atoms with Crippen LogP contribution < -0.4 is 15.4 Å². The molecule has 0 saturated carbocycles. The van der Waals surface area contributed by atoms with Crippen LogP contribution >= 0.6 is 11.6 Å². The largest absolute Gasteiger partial charge is 0.494 e. The minimum atomic E-state index is -0.488. The first-order valence-corrected chi connectivity index (χ1v) is 10.8. The van der Waals surface area contributed by atoms with E-state index in [1.807, 2.05) is 30.3 Å². The molecule has 0 aromatic heterocycles. The predicted octanol–water partition coefficient (Wildman–Crippen LogP) is 4.99. The predicted molar refractivity (Wildman–Crippen MR) is 126 cm³/mol. The molecule has 1 heterocycles. The number of nitrogens with two attached hydrogens (primary N) is 1. The molecule has 32 heavy (non-hydrogen) atoms. The molecule has 1 aliphatic heterocycles. The summed E-state index contributed by atoms with van der Waals surface area (Å²) in [5.41, 5.74) is 8.97. The Hall–Kier alpha value is -3.25. The van der Waals surface area contributed by atoms with Crippen molar-refractivity contribution in [3.8, 4) is 5.75 Å². The molecular formula is C25H25ClFN3O2. The van der Waals surface area contributed by atoms with Crippen LogP contribution in [0.1, 0.15) is 22.3 Å². The van der Waals surface area contributed by atoms with E-state index in [4.69, 9.17) is 22.1 Å².